The lowest BCUT2D eigenvalue weighted by molar-refractivity contribution is 0.482. The quantitative estimate of drug-likeness (QED) is 0.678. The van der Waals surface area contributed by atoms with Crippen molar-refractivity contribution in [3.8, 4) is 0 Å². The molecule has 0 spiro atoms. The number of hydrogen-bond donors (Lipinski definition) is 1. The summed E-state index contributed by atoms with van der Waals surface area (Å²) in [4.78, 5) is -0.0358. The molecule has 0 aliphatic carbocycles. The van der Waals surface area contributed by atoms with E-state index in [1.807, 2.05) is 0 Å². The van der Waals surface area contributed by atoms with Crippen LogP contribution in [0, 0.1) is 0 Å². The van der Waals surface area contributed by atoms with E-state index in [-0.39, 0.29) is 4.90 Å². The maximum Gasteiger partial charge on any atom is 0.294 e. The zero-order valence-corrected chi connectivity index (χ0v) is 11.1. The van der Waals surface area contributed by atoms with Crippen molar-refractivity contribution >= 4 is 42.0 Å². The Kier molecular flexibility index (Phi) is 4.12. The summed E-state index contributed by atoms with van der Waals surface area (Å²) in [6.45, 7) is 0. The third-order valence-corrected chi connectivity index (χ3v) is 3.78. The van der Waals surface area contributed by atoms with Gasteiger partial charge in [-0.15, -0.1) is 0 Å². The van der Waals surface area contributed by atoms with Crippen molar-refractivity contribution < 1.29 is 13.0 Å². The molecule has 0 aromatic heterocycles. The molecule has 0 radical (unpaired) electrons. The Morgan fingerprint density at radius 2 is 2.00 bits per heavy atom. The molecule has 0 saturated heterocycles. The third kappa shape index (κ3) is 2.79. The summed E-state index contributed by atoms with van der Waals surface area (Å²) in [5, 5.41) is 0.637. The van der Waals surface area contributed by atoms with Gasteiger partial charge in [-0.05, 0) is 24.1 Å². The number of rotatable bonds is 3. The first-order chi connectivity index (χ1) is 6.46. The first-order valence-corrected chi connectivity index (χ1v) is 7.13. The molecule has 1 N–H and O–H groups in total. The average Bonchev–Trinajstić information content (AvgIpc) is 2.07. The van der Waals surface area contributed by atoms with Gasteiger partial charge >= 0.3 is 0 Å². The molecular formula is C8H8Br2O3S. The maximum atomic E-state index is 11.0. The topological polar surface area (TPSA) is 54.4 Å². The van der Waals surface area contributed by atoms with Crippen LogP contribution in [0.4, 0.5) is 0 Å². The second kappa shape index (κ2) is 4.74. The molecule has 78 valence electrons. The summed E-state index contributed by atoms with van der Waals surface area (Å²) in [7, 11) is -4.13. The van der Waals surface area contributed by atoms with Crippen LogP contribution in [0.3, 0.4) is 0 Å². The van der Waals surface area contributed by atoms with Crippen LogP contribution in [0.2, 0.25) is 0 Å². The van der Waals surface area contributed by atoms with Crippen LogP contribution >= 0.6 is 31.9 Å². The summed E-state index contributed by atoms with van der Waals surface area (Å²) in [5.41, 5.74) is 0.590. The second-order valence-corrected chi connectivity index (χ2v) is 5.67. The molecule has 0 aliphatic heterocycles. The van der Waals surface area contributed by atoms with E-state index in [0.717, 1.165) is 0 Å². The van der Waals surface area contributed by atoms with Crippen LogP contribution in [-0.2, 0) is 16.5 Å². The number of alkyl halides is 1. The molecular weight excluding hydrogens is 336 g/mol. The van der Waals surface area contributed by atoms with Crippen LogP contribution in [0.5, 0.6) is 0 Å². The smallest absolute Gasteiger partial charge is 0.282 e. The van der Waals surface area contributed by atoms with E-state index in [1.165, 1.54) is 6.07 Å². The van der Waals surface area contributed by atoms with Gasteiger partial charge in [0.25, 0.3) is 10.1 Å². The van der Waals surface area contributed by atoms with Crippen molar-refractivity contribution in [2.24, 2.45) is 0 Å². The molecule has 0 bridgehead atoms. The van der Waals surface area contributed by atoms with Gasteiger partial charge in [-0.25, -0.2) is 0 Å². The van der Waals surface area contributed by atoms with E-state index < -0.39 is 10.1 Å². The Morgan fingerprint density at radius 3 is 2.50 bits per heavy atom. The van der Waals surface area contributed by atoms with Gasteiger partial charge in [-0.1, -0.05) is 37.9 Å². The largest absolute Gasteiger partial charge is 0.294 e. The van der Waals surface area contributed by atoms with Crippen molar-refractivity contribution in [2.45, 2.75) is 11.3 Å². The summed E-state index contributed by atoms with van der Waals surface area (Å²) in [5.74, 6) is 0. The zero-order chi connectivity index (χ0) is 10.8. The summed E-state index contributed by atoms with van der Waals surface area (Å²) < 4.78 is 31.6. The van der Waals surface area contributed by atoms with E-state index in [4.69, 9.17) is 4.55 Å². The lowest BCUT2D eigenvalue weighted by atomic mass is 10.2. The van der Waals surface area contributed by atoms with E-state index >= 15 is 0 Å². The fraction of sp³-hybridized carbons (Fsp3) is 0.250. The van der Waals surface area contributed by atoms with Gasteiger partial charge in [0, 0.05) is 9.80 Å². The first kappa shape index (κ1) is 12.2. The van der Waals surface area contributed by atoms with Crippen LogP contribution in [0.15, 0.2) is 27.6 Å². The van der Waals surface area contributed by atoms with E-state index in [9.17, 15) is 8.42 Å². The van der Waals surface area contributed by atoms with E-state index in [1.54, 1.807) is 12.1 Å². The van der Waals surface area contributed by atoms with Gasteiger partial charge in [0.1, 0.15) is 0 Å². The summed E-state index contributed by atoms with van der Waals surface area (Å²) >= 11 is 6.47. The Morgan fingerprint density at radius 1 is 1.36 bits per heavy atom. The predicted octanol–water partition coefficient (Wildman–Crippen LogP) is 2.63. The SMILES string of the molecule is O=S(=O)(O)c1cccc(Br)c1CCBr. The minimum atomic E-state index is -4.13. The monoisotopic (exact) mass is 342 g/mol. The van der Waals surface area contributed by atoms with Crippen molar-refractivity contribution in [1.29, 1.82) is 0 Å². The summed E-state index contributed by atoms with van der Waals surface area (Å²) in [6.07, 6.45) is 0.538. The molecule has 6 heteroatoms. The van der Waals surface area contributed by atoms with Crippen molar-refractivity contribution in [2.75, 3.05) is 5.33 Å². The molecule has 3 nitrogen and oxygen atoms in total. The number of benzene rings is 1. The lowest BCUT2D eigenvalue weighted by Gasteiger charge is -2.07. The minimum Gasteiger partial charge on any atom is -0.282 e. The van der Waals surface area contributed by atoms with Gasteiger partial charge in [0.2, 0.25) is 0 Å². The summed E-state index contributed by atoms with van der Waals surface area (Å²) in [6, 6.07) is 4.70. The Hall–Kier alpha value is 0.0900. The van der Waals surface area contributed by atoms with Crippen LogP contribution < -0.4 is 0 Å². The van der Waals surface area contributed by atoms with Gasteiger partial charge < -0.3 is 0 Å². The van der Waals surface area contributed by atoms with Crippen LogP contribution in [-0.4, -0.2) is 18.3 Å². The Labute approximate surface area is 99.5 Å². The minimum absolute atomic E-state index is 0.0358. The van der Waals surface area contributed by atoms with Gasteiger partial charge in [-0.3, -0.25) is 4.55 Å². The molecule has 1 aromatic rings. The maximum absolute atomic E-state index is 11.0. The van der Waals surface area contributed by atoms with Crippen molar-refractivity contribution in [1.82, 2.24) is 0 Å². The van der Waals surface area contributed by atoms with Gasteiger partial charge in [0.15, 0.2) is 0 Å². The molecule has 0 atom stereocenters. The van der Waals surface area contributed by atoms with Crippen LogP contribution in [0.1, 0.15) is 5.56 Å². The molecule has 14 heavy (non-hydrogen) atoms. The highest BCUT2D eigenvalue weighted by atomic mass is 79.9. The third-order valence-electron chi connectivity index (χ3n) is 1.70. The average molecular weight is 344 g/mol. The second-order valence-electron chi connectivity index (χ2n) is 2.63. The Balaban J connectivity index is 3.36. The van der Waals surface area contributed by atoms with Crippen molar-refractivity contribution in [3.63, 3.8) is 0 Å². The zero-order valence-electron chi connectivity index (χ0n) is 7.07. The predicted molar refractivity (Wildman–Crippen MR) is 61.5 cm³/mol. The highest BCUT2D eigenvalue weighted by Crippen LogP contribution is 2.25. The standard InChI is InChI=1S/C8H8Br2O3S/c9-5-4-6-7(10)2-1-3-8(6)14(11,12)13/h1-3H,4-5H2,(H,11,12,13). The number of halogens is 2. The molecule has 0 amide bonds. The molecule has 0 unspecified atom stereocenters. The fourth-order valence-electron chi connectivity index (χ4n) is 1.12. The highest BCUT2D eigenvalue weighted by molar-refractivity contribution is 9.10. The molecule has 0 aliphatic rings. The van der Waals surface area contributed by atoms with Gasteiger partial charge in [-0.2, -0.15) is 8.42 Å². The normalized spacial score (nSPS) is 11.6. The fourth-order valence-corrected chi connectivity index (χ4v) is 2.98. The van der Waals surface area contributed by atoms with E-state index in [0.29, 0.717) is 21.8 Å². The number of hydrogen-bond acceptors (Lipinski definition) is 2. The highest BCUT2D eigenvalue weighted by Gasteiger charge is 2.16. The Bertz CT molecular complexity index is 428. The van der Waals surface area contributed by atoms with Crippen LogP contribution in [0.25, 0.3) is 0 Å². The first-order valence-electron chi connectivity index (χ1n) is 3.77. The lowest BCUT2D eigenvalue weighted by Crippen LogP contribution is -2.04. The molecule has 0 heterocycles. The van der Waals surface area contributed by atoms with Gasteiger partial charge in [0.05, 0.1) is 4.90 Å². The molecule has 0 fully saturated rings. The molecule has 1 aromatic carbocycles. The van der Waals surface area contributed by atoms with Crippen molar-refractivity contribution in [3.05, 3.63) is 28.2 Å². The van der Waals surface area contributed by atoms with E-state index in [2.05, 4.69) is 31.9 Å². The molecule has 0 saturated carbocycles. The molecule has 1 rings (SSSR count).